The summed E-state index contributed by atoms with van der Waals surface area (Å²) in [5.74, 6) is 0.984. The van der Waals surface area contributed by atoms with Crippen LogP contribution in [0.25, 0.3) is 0 Å². The van der Waals surface area contributed by atoms with E-state index >= 15 is 0 Å². The smallest absolute Gasteiger partial charge is 0.123 e. The van der Waals surface area contributed by atoms with Gasteiger partial charge in [-0.25, -0.2) is 0 Å². The van der Waals surface area contributed by atoms with Crippen LogP contribution >= 0.6 is 0 Å². The van der Waals surface area contributed by atoms with Crippen molar-refractivity contribution in [2.24, 2.45) is 0 Å². The molecule has 0 aliphatic carbocycles. The Morgan fingerprint density at radius 1 is 1.23 bits per heavy atom. The molecule has 13 heavy (non-hydrogen) atoms. The molecule has 0 aromatic heterocycles. The molecule has 1 N–H and O–H groups in total. The molecule has 0 saturated carbocycles. The topological polar surface area (TPSA) is 29.5 Å². The summed E-state index contributed by atoms with van der Waals surface area (Å²) in [5.41, 5.74) is 0.642. The zero-order chi connectivity index (χ0) is 10.1. The van der Waals surface area contributed by atoms with Gasteiger partial charge in [-0.1, -0.05) is 6.07 Å². The normalized spacial score (nSPS) is 11.4. The number of rotatable bonds is 1. The van der Waals surface area contributed by atoms with Crippen molar-refractivity contribution in [2.75, 3.05) is 0 Å². The Labute approximate surface area is 79.2 Å². The fourth-order valence-electron chi connectivity index (χ4n) is 1.01. The van der Waals surface area contributed by atoms with E-state index in [0.29, 0.717) is 5.75 Å². The predicted molar refractivity (Wildman–Crippen MR) is 53.2 cm³/mol. The van der Waals surface area contributed by atoms with Crippen molar-refractivity contribution in [1.29, 1.82) is 0 Å². The minimum absolute atomic E-state index is 0.221. The van der Waals surface area contributed by atoms with Gasteiger partial charge in [0.15, 0.2) is 0 Å². The van der Waals surface area contributed by atoms with Gasteiger partial charge in [0.05, 0.1) is 0 Å². The Kier molecular flexibility index (Phi) is 2.50. The van der Waals surface area contributed by atoms with Crippen LogP contribution in [0.4, 0.5) is 0 Å². The van der Waals surface area contributed by atoms with Crippen LogP contribution in [0, 0.1) is 6.92 Å². The average Bonchev–Trinajstić information content (AvgIpc) is 1.94. The van der Waals surface area contributed by atoms with E-state index in [-0.39, 0.29) is 11.4 Å². The number of ether oxygens (including phenoxy) is 1. The maximum Gasteiger partial charge on any atom is 0.123 e. The minimum Gasteiger partial charge on any atom is -0.508 e. The summed E-state index contributed by atoms with van der Waals surface area (Å²) in [6, 6.07) is 5.34. The first-order chi connectivity index (χ1) is 5.88. The van der Waals surface area contributed by atoms with E-state index < -0.39 is 0 Å². The number of aromatic hydroxyl groups is 1. The second-order valence-corrected chi connectivity index (χ2v) is 4.16. The molecule has 2 heteroatoms. The van der Waals surface area contributed by atoms with Gasteiger partial charge in [-0.15, -0.1) is 0 Å². The summed E-state index contributed by atoms with van der Waals surface area (Å²) < 4.78 is 5.58. The number of phenols is 1. The first kappa shape index (κ1) is 9.90. The summed E-state index contributed by atoms with van der Waals surface area (Å²) in [5, 5.41) is 9.42. The maximum absolute atomic E-state index is 9.42. The Morgan fingerprint density at radius 2 is 1.85 bits per heavy atom. The third kappa shape index (κ3) is 2.98. The van der Waals surface area contributed by atoms with Gasteiger partial charge in [0.2, 0.25) is 0 Å². The average molecular weight is 180 g/mol. The molecular formula is C11H16O2. The van der Waals surface area contributed by atoms with Gasteiger partial charge in [-0.2, -0.15) is 0 Å². The quantitative estimate of drug-likeness (QED) is 0.720. The van der Waals surface area contributed by atoms with Crippen molar-refractivity contribution < 1.29 is 9.84 Å². The molecule has 0 saturated heterocycles. The second kappa shape index (κ2) is 3.29. The van der Waals surface area contributed by atoms with Crippen molar-refractivity contribution >= 4 is 0 Å². The Hall–Kier alpha value is -1.18. The molecule has 1 aromatic rings. The highest BCUT2D eigenvalue weighted by atomic mass is 16.5. The molecular weight excluding hydrogens is 164 g/mol. The fourth-order valence-corrected chi connectivity index (χ4v) is 1.01. The fraction of sp³-hybridized carbons (Fsp3) is 0.455. The molecule has 2 nitrogen and oxygen atoms in total. The summed E-state index contributed by atoms with van der Waals surface area (Å²) in [7, 11) is 0. The highest BCUT2D eigenvalue weighted by Crippen LogP contribution is 2.25. The number of aryl methyl sites for hydroxylation is 1. The standard InChI is InChI=1S/C11H16O2/c1-8-5-6-9(7-10(8)12)13-11(2,3)4/h5-7,12H,1-4H3. The van der Waals surface area contributed by atoms with Crippen LogP contribution < -0.4 is 4.74 Å². The van der Waals surface area contributed by atoms with Crippen LogP contribution in [0.3, 0.4) is 0 Å². The van der Waals surface area contributed by atoms with Gasteiger partial charge in [0, 0.05) is 6.07 Å². The van der Waals surface area contributed by atoms with Crippen molar-refractivity contribution in [3.63, 3.8) is 0 Å². The molecule has 0 amide bonds. The van der Waals surface area contributed by atoms with Crippen molar-refractivity contribution in [3.8, 4) is 11.5 Å². The summed E-state index contributed by atoms with van der Waals surface area (Å²) in [6.07, 6.45) is 0. The molecule has 0 atom stereocenters. The second-order valence-electron chi connectivity index (χ2n) is 4.16. The molecule has 1 rings (SSSR count). The van der Waals surface area contributed by atoms with E-state index in [9.17, 15) is 5.11 Å². The maximum atomic E-state index is 9.42. The summed E-state index contributed by atoms with van der Waals surface area (Å²) in [6.45, 7) is 7.79. The Balaban J connectivity index is 2.86. The van der Waals surface area contributed by atoms with E-state index in [1.807, 2.05) is 39.8 Å². The molecule has 0 spiro atoms. The lowest BCUT2D eigenvalue weighted by Crippen LogP contribution is -2.22. The van der Waals surface area contributed by atoms with E-state index in [4.69, 9.17) is 4.74 Å². The zero-order valence-corrected chi connectivity index (χ0v) is 8.59. The van der Waals surface area contributed by atoms with Gasteiger partial charge in [0.1, 0.15) is 17.1 Å². The molecule has 0 radical (unpaired) electrons. The van der Waals surface area contributed by atoms with Crippen LogP contribution in [0.2, 0.25) is 0 Å². The van der Waals surface area contributed by atoms with E-state index in [2.05, 4.69) is 0 Å². The summed E-state index contributed by atoms with van der Waals surface area (Å²) in [4.78, 5) is 0. The van der Waals surface area contributed by atoms with Crippen LogP contribution in [-0.4, -0.2) is 10.7 Å². The van der Waals surface area contributed by atoms with Gasteiger partial charge in [-0.3, -0.25) is 0 Å². The van der Waals surface area contributed by atoms with Crippen LogP contribution in [0.15, 0.2) is 18.2 Å². The Bertz CT molecular complexity index is 297. The van der Waals surface area contributed by atoms with E-state index in [1.165, 1.54) is 0 Å². The molecule has 0 heterocycles. The monoisotopic (exact) mass is 180 g/mol. The third-order valence-electron chi connectivity index (χ3n) is 1.60. The SMILES string of the molecule is Cc1ccc(OC(C)(C)C)cc1O. The molecule has 0 fully saturated rings. The van der Waals surface area contributed by atoms with Gasteiger partial charge < -0.3 is 9.84 Å². The van der Waals surface area contributed by atoms with Crippen molar-refractivity contribution in [2.45, 2.75) is 33.3 Å². The largest absolute Gasteiger partial charge is 0.508 e. The first-order valence-corrected chi connectivity index (χ1v) is 4.37. The van der Waals surface area contributed by atoms with Gasteiger partial charge in [-0.05, 0) is 39.3 Å². The molecule has 0 bridgehead atoms. The van der Waals surface area contributed by atoms with Crippen molar-refractivity contribution in [1.82, 2.24) is 0 Å². The number of phenolic OH excluding ortho intramolecular Hbond substituents is 1. The molecule has 1 aromatic carbocycles. The van der Waals surface area contributed by atoms with Crippen LogP contribution in [-0.2, 0) is 0 Å². The van der Waals surface area contributed by atoms with E-state index in [0.717, 1.165) is 5.56 Å². The number of benzene rings is 1. The number of hydrogen-bond acceptors (Lipinski definition) is 2. The molecule has 72 valence electrons. The van der Waals surface area contributed by atoms with Gasteiger partial charge >= 0.3 is 0 Å². The number of hydrogen-bond donors (Lipinski definition) is 1. The lowest BCUT2D eigenvalue weighted by molar-refractivity contribution is 0.130. The van der Waals surface area contributed by atoms with Crippen molar-refractivity contribution in [3.05, 3.63) is 23.8 Å². The Morgan fingerprint density at radius 3 is 2.31 bits per heavy atom. The minimum atomic E-state index is -0.221. The van der Waals surface area contributed by atoms with Crippen LogP contribution in [0.5, 0.6) is 11.5 Å². The third-order valence-corrected chi connectivity index (χ3v) is 1.60. The zero-order valence-electron chi connectivity index (χ0n) is 8.59. The lowest BCUT2D eigenvalue weighted by Gasteiger charge is -2.21. The highest BCUT2D eigenvalue weighted by Gasteiger charge is 2.12. The molecule has 0 aliphatic rings. The molecule has 0 unspecified atom stereocenters. The van der Waals surface area contributed by atoms with Gasteiger partial charge in [0.25, 0.3) is 0 Å². The van der Waals surface area contributed by atoms with Crippen LogP contribution in [0.1, 0.15) is 26.3 Å². The van der Waals surface area contributed by atoms with E-state index in [1.54, 1.807) is 6.07 Å². The molecule has 0 aliphatic heterocycles. The summed E-state index contributed by atoms with van der Waals surface area (Å²) >= 11 is 0. The lowest BCUT2D eigenvalue weighted by atomic mass is 10.1. The highest BCUT2D eigenvalue weighted by molar-refractivity contribution is 5.38. The predicted octanol–water partition coefficient (Wildman–Crippen LogP) is 2.88. The first-order valence-electron chi connectivity index (χ1n) is 4.37.